The first-order chi connectivity index (χ1) is 11.9. The minimum Gasteiger partial charge on any atom is -0.341 e. The third-order valence-electron chi connectivity index (χ3n) is 4.86. The highest BCUT2D eigenvalue weighted by molar-refractivity contribution is 6.49. The molecule has 0 aliphatic carbocycles. The van der Waals surface area contributed by atoms with Crippen molar-refractivity contribution in [1.82, 2.24) is 0 Å². The lowest BCUT2D eigenvalue weighted by molar-refractivity contribution is -0.347. The summed E-state index contributed by atoms with van der Waals surface area (Å²) in [5.41, 5.74) is 0. The minimum atomic E-state index is -1.95. The van der Waals surface area contributed by atoms with Gasteiger partial charge in [-0.15, -0.1) is 0 Å². The van der Waals surface area contributed by atoms with Crippen LogP contribution < -0.4 is 0 Å². The average Bonchev–Trinajstić information content (AvgIpc) is 2.61. The number of hydrogen-bond donors (Lipinski definition) is 1. The number of halogens is 2. The van der Waals surface area contributed by atoms with Gasteiger partial charge in [-0.25, -0.2) is 0 Å². The maximum Gasteiger partial charge on any atom is 0.314 e. The van der Waals surface area contributed by atoms with Gasteiger partial charge in [-0.3, -0.25) is 0 Å². The largest absolute Gasteiger partial charge is 0.341 e. The molecule has 0 aromatic rings. The Kier molecular flexibility index (Phi) is 15.8. The summed E-state index contributed by atoms with van der Waals surface area (Å²) in [6.45, 7) is 2.26. The Labute approximate surface area is 165 Å². The number of alkyl halides is 2. The Balaban J connectivity index is 3.44. The fraction of sp³-hybridized carbons (Fsp3) is 1.00. The van der Waals surface area contributed by atoms with Crippen molar-refractivity contribution in [3.63, 3.8) is 0 Å². The second-order valence-electron chi connectivity index (χ2n) is 7.04. The molecule has 25 heavy (non-hydrogen) atoms. The van der Waals surface area contributed by atoms with Crippen LogP contribution in [0.5, 0.6) is 0 Å². The predicted octanol–water partition coefficient (Wildman–Crippen LogP) is 6.97. The topological polar surface area (TPSA) is 38.7 Å². The fourth-order valence-corrected chi connectivity index (χ4v) is 3.66. The van der Waals surface area contributed by atoms with E-state index in [1.807, 2.05) is 0 Å². The van der Waals surface area contributed by atoms with E-state index >= 15 is 0 Å². The lowest BCUT2D eigenvalue weighted by Gasteiger charge is -2.35. The van der Waals surface area contributed by atoms with E-state index < -0.39 is 10.3 Å². The zero-order valence-corrected chi connectivity index (χ0v) is 18.1. The highest BCUT2D eigenvalue weighted by Gasteiger charge is 2.49. The van der Waals surface area contributed by atoms with Gasteiger partial charge in [0.2, 0.25) is 0 Å². The van der Waals surface area contributed by atoms with Gasteiger partial charge in [0.05, 0.1) is 0 Å². The normalized spacial score (nSPS) is 12.7. The van der Waals surface area contributed by atoms with Crippen LogP contribution in [-0.2, 0) is 9.47 Å². The van der Waals surface area contributed by atoms with E-state index in [1.165, 1.54) is 91.3 Å². The van der Waals surface area contributed by atoms with Crippen molar-refractivity contribution in [3.05, 3.63) is 0 Å². The molecule has 0 unspecified atom stereocenters. The van der Waals surface area contributed by atoms with Crippen molar-refractivity contribution in [3.8, 4) is 0 Å². The van der Waals surface area contributed by atoms with Gasteiger partial charge in [0.15, 0.2) is 4.33 Å². The molecule has 1 N–H and O–H groups in total. The van der Waals surface area contributed by atoms with E-state index in [-0.39, 0.29) is 0 Å². The molecule has 0 saturated heterocycles. The average molecular weight is 399 g/mol. The zero-order valence-electron chi connectivity index (χ0n) is 16.6. The van der Waals surface area contributed by atoms with Crippen LogP contribution in [0, 0.1) is 0 Å². The summed E-state index contributed by atoms with van der Waals surface area (Å²) in [6.07, 6.45) is 18.6. The van der Waals surface area contributed by atoms with Gasteiger partial charge in [0, 0.05) is 14.2 Å². The number of methoxy groups -OCH3 is 2. The first kappa shape index (κ1) is 25.5. The molecular weight excluding hydrogens is 359 g/mol. The molecule has 0 aromatic carbocycles. The Bertz CT molecular complexity index is 295. The summed E-state index contributed by atoms with van der Waals surface area (Å²) in [6, 6.07) is 0. The van der Waals surface area contributed by atoms with Crippen LogP contribution >= 0.6 is 23.2 Å². The molecule has 0 spiro atoms. The van der Waals surface area contributed by atoms with Gasteiger partial charge < -0.3 is 14.6 Å². The standard InChI is InChI=1S/C20H40Cl2O3/c1-4-5-6-7-8-9-10-11-12-13-14-15-16-17-18-19(21,22)20(23,24-2)25-3/h23H,4-18H2,1-3H3. The minimum absolute atomic E-state index is 0.437. The smallest absolute Gasteiger partial charge is 0.314 e. The summed E-state index contributed by atoms with van der Waals surface area (Å²) in [5, 5.41) is 10.1. The van der Waals surface area contributed by atoms with Crippen molar-refractivity contribution < 1.29 is 14.6 Å². The molecule has 0 amide bonds. The van der Waals surface area contributed by atoms with Gasteiger partial charge in [-0.05, 0) is 6.42 Å². The summed E-state index contributed by atoms with van der Waals surface area (Å²) in [5.74, 6) is -1.95. The van der Waals surface area contributed by atoms with Crippen molar-refractivity contribution in [2.24, 2.45) is 0 Å². The van der Waals surface area contributed by atoms with Crippen LogP contribution in [0.1, 0.15) is 103 Å². The summed E-state index contributed by atoms with van der Waals surface area (Å²) in [7, 11) is 2.66. The molecule has 0 heterocycles. The predicted molar refractivity (Wildman–Crippen MR) is 108 cm³/mol. The summed E-state index contributed by atoms with van der Waals surface area (Å²) >= 11 is 12.3. The molecule has 0 fully saturated rings. The zero-order chi connectivity index (χ0) is 19.0. The van der Waals surface area contributed by atoms with Gasteiger partial charge in [-0.1, -0.05) is 120 Å². The van der Waals surface area contributed by atoms with E-state index in [0.717, 1.165) is 12.8 Å². The molecule has 0 bridgehead atoms. The summed E-state index contributed by atoms with van der Waals surface area (Å²) in [4.78, 5) is 0. The fourth-order valence-electron chi connectivity index (χ4n) is 3.08. The second kappa shape index (κ2) is 15.5. The van der Waals surface area contributed by atoms with Crippen LogP contribution in [0.15, 0.2) is 0 Å². The maximum absolute atomic E-state index is 10.1. The van der Waals surface area contributed by atoms with E-state index in [2.05, 4.69) is 6.92 Å². The number of aliphatic hydroxyl groups is 1. The Morgan fingerprint density at radius 2 is 0.960 bits per heavy atom. The molecule has 0 rings (SSSR count). The number of hydrogen-bond acceptors (Lipinski definition) is 3. The number of ether oxygens (including phenoxy) is 2. The molecule has 0 radical (unpaired) electrons. The third kappa shape index (κ3) is 11.7. The van der Waals surface area contributed by atoms with Gasteiger partial charge in [0.25, 0.3) is 0 Å². The Hall–Kier alpha value is 0.460. The highest BCUT2D eigenvalue weighted by atomic mass is 35.5. The van der Waals surface area contributed by atoms with E-state index in [0.29, 0.717) is 6.42 Å². The van der Waals surface area contributed by atoms with E-state index in [9.17, 15) is 5.11 Å². The quantitative estimate of drug-likeness (QED) is 0.154. The highest BCUT2D eigenvalue weighted by Crippen LogP contribution is 2.39. The van der Waals surface area contributed by atoms with Gasteiger partial charge in [-0.2, -0.15) is 0 Å². The molecule has 5 heteroatoms. The molecule has 0 aromatic heterocycles. The molecular formula is C20H40Cl2O3. The maximum atomic E-state index is 10.1. The first-order valence-corrected chi connectivity index (χ1v) is 10.9. The molecule has 152 valence electrons. The van der Waals surface area contributed by atoms with Crippen molar-refractivity contribution >= 4 is 23.2 Å². The van der Waals surface area contributed by atoms with Crippen LogP contribution in [-0.4, -0.2) is 29.6 Å². The van der Waals surface area contributed by atoms with Crippen LogP contribution in [0.25, 0.3) is 0 Å². The Morgan fingerprint density at radius 1 is 0.640 bits per heavy atom. The van der Waals surface area contributed by atoms with Crippen LogP contribution in [0.3, 0.4) is 0 Å². The molecule has 0 atom stereocenters. The lowest BCUT2D eigenvalue weighted by Crippen LogP contribution is -2.49. The van der Waals surface area contributed by atoms with Gasteiger partial charge in [0.1, 0.15) is 0 Å². The van der Waals surface area contributed by atoms with E-state index in [4.69, 9.17) is 32.7 Å². The van der Waals surface area contributed by atoms with Crippen LogP contribution in [0.2, 0.25) is 0 Å². The molecule has 0 aliphatic rings. The van der Waals surface area contributed by atoms with Crippen molar-refractivity contribution in [2.75, 3.05) is 14.2 Å². The van der Waals surface area contributed by atoms with E-state index in [1.54, 1.807) is 0 Å². The monoisotopic (exact) mass is 398 g/mol. The van der Waals surface area contributed by atoms with Crippen molar-refractivity contribution in [2.45, 2.75) is 114 Å². The molecule has 3 nitrogen and oxygen atoms in total. The van der Waals surface area contributed by atoms with Crippen LogP contribution in [0.4, 0.5) is 0 Å². The lowest BCUT2D eigenvalue weighted by atomic mass is 10.0. The number of rotatable bonds is 18. The SMILES string of the molecule is CCCCCCCCCCCCCCCCC(Cl)(Cl)C(O)(OC)OC. The third-order valence-corrected chi connectivity index (χ3v) is 5.72. The van der Waals surface area contributed by atoms with Crippen molar-refractivity contribution in [1.29, 1.82) is 0 Å². The van der Waals surface area contributed by atoms with Gasteiger partial charge >= 0.3 is 5.97 Å². The summed E-state index contributed by atoms with van der Waals surface area (Å²) < 4.78 is 8.33. The first-order valence-electron chi connectivity index (χ1n) is 10.1. The molecule has 0 saturated carbocycles. The molecule has 0 aliphatic heterocycles. The number of unbranched alkanes of at least 4 members (excludes halogenated alkanes) is 13. The second-order valence-corrected chi connectivity index (χ2v) is 8.52. The Morgan fingerprint density at radius 3 is 1.28 bits per heavy atom.